The van der Waals surface area contributed by atoms with Crippen molar-refractivity contribution < 1.29 is 4.79 Å². The van der Waals surface area contributed by atoms with E-state index in [9.17, 15) is 4.79 Å². The van der Waals surface area contributed by atoms with E-state index in [1.807, 2.05) is 12.1 Å². The van der Waals surface area contributed by atoms with Crippen molar-refractivity contribution in [2.75, 3.05) is 6.54 Å². The van der Waals surface area contributed by atoms with Crippen molar-refractivity contribution >= 4 is 16.9 Å². The van der Waals surface area contributed by atoms with Crippen molar-refractivity contribution in [2.45, 2.75) is 19.4 Å². The van der Waals surface area contributed by atoms with Crippen LogP contribution in [0.15, 0.2) is 18.2 Å². The summed E-state index contributed by atoms with van der Waals surface area (Å²) < 4.78 is 0. The molecular weight excluding hydrogens is 228 g/mol. The average Bonchev–Trinajstić information content (AvgIpc) is 2.92. The highest BCUT2D eigenvalue weighted by molar-refractivity contribution is 6.04. The minimum Gasteiger partial charge on any atom is -0.366 e. The van der Waals surface area contributed by atoms with Gasteiger partial charge in [-0.25, -0.2) is 4.98 Å². The number of carbonyl (C=O) groups excluding carboxylic acids is 1. The topological polar surface area (TPSA) is 83.8 Å². The number of imidazole rings is 1. The molecule has 4 N–H and O–H groups in total. The Morgan fingerprint density at radius 3 is 3.00 bits per heavy atom. The molecule has 18 heavy (non-hydrogen) atoms. The standard InChI is InChI=1S/C13H16N4O/c1-7-5-6-15-10(7)13-16-9-4-2-3-8(12(14)18)11(9)17-13/h2-4,7,10,15H,5-6H2,1H3,(H2,14,18)(H,16,17)/t7-,10-/m0/s1. The number of carbonyl (C=O) groups is 1. The third kappa shape index (κ3) is 1.67. The predicted octanol–water partition coefficient (Wildman–Crippen LogP) is 1.33. The Kier molecular flexibility index (Phi) is 2.56. The van der Waals surface area contributed by atoms with E-state index < -0.39 is 5.91 Å². The van der Waals surface area contributed by atoms with Crippen LogP contribution in [0.2, 0.25) is 0 Å². The van der Waals surface area contributed by atoms with Crippen LogP contribution in [0.4, 0.5) is 0 Å². The van der Waals surface area contributed by atoms with E-state index in [1.54, 1.807) is 6.07 Å². The van der Waals surface area contributed by atoms with Crippen LogP contribution in [0.25, 0.3) is 11.0 Å². The van der Waals surface area contributed by atoms with Gasteiger partial charge in [0.1, 0.15) is 11.3 Å². The Hall–Kier alpha value is -1.88. The molecule has 1 aromatic carbocycles. The number of aromatic nitrogens is 2. The highest BCUT2D eigenvalue weighted by Gasteiger charge is 2.27. The summed E-state index contributed by atoms with van der Waals surface area (Å²) in [5, 5.41) is 3.42. The summed E-state index contributed by atoms with van der Waals surface area (Å²) in [7, 11) is 0. The maximum atomic E-state index is 11.4. The van der Waals surface area contributed by atoms with Gasteiger partial charge in [-0.1, -0.05) is 13.0 Å². The fraction of sp³-hybridized carbons (Fsp3) is 0.385. The van der Waals surface area contributed by atoms with E-state index in [1.165, 1.54) is 0 Å². The van der Waals surface area contributed by atoms with E-state index >= 15 is 0 Å². The van der Waals surface area contributed by atoms with E-state index in [0.717, 1.165) is 24.3 Å². The molecule has 5 heteroatoms. The molecule has 0 spiro atoms. The number of nitrogens with two attached hydrogens (primary N) is 1. The van der Waals surface area contributed by atoms with Gasteiger partial charge in [-0.3, -0.25) is 4.79 Å². The molecule has 5 nitrogen and oxygen atoms in total. The van der Waals surface area contributed by atoms with Crippen LogP contribution in [-0.4, -0.2) is 22.4 Å². The lowest BCUT2D eigenvalue weighted by atomic mass is 10.0. The van der Waals surface area contributed by atoms with E-state index in [-0.39, 0.29) is 6.04 Å². The van der Waals surface area contributed by atoms with Crippen LogP contribution in [0.3, 0.4) is 0 Å². The zero-order valence-corrected chi connectivity index (χ0v) is 10.2. The second kappa shape index (κ2) is 4.10. The van der Waals surface area contributed by atoms with Crippen LogP contribution in [0, 0.1) is 5.92 Å². The molecule has 1 aliphatic heterocycles. The Morgan fingerprint density at radius 2 is 2.33 bits per heavy atom. The third-order valence-corrected chi connectivity index (χ3v) is 3.62. The summed E-state index contributed by atoms with van der Waals surface area (Å²) in [5.74, 6) is 0.998. The summed E-state index contributed by atoms with van der Waals surface area (Å²) in [6.07, 6.45) is 1.14. The second-order valence-corrected chi connectivity index (χ2v) is 4.89. The molecule has 1 saturated heterocycles. The Balaban J connectivity index is 2.11. The number of hydrogen-bond acceptors (Lipinski definition) is 3. The minimum absolute atomic E-state index is 0.234. The van der Waals surface area contributed by atoms with E-state index in [4.69, 9.17) is 5.73 Å². The number of rotatable bonds is 2. The molecule has 1 amide bonds. The Labute approximate surface area is 105 Å². The summed E-state index contributed by atoms with van der Waals surface area (Å²) in [4.78, 5) is 19.2. The molecule has 0 unspecified atom stereocenters. The minimum atomic E-state index is -0.439. The number of primary amides is 1. The van der Waals surface area contributed by atoms with Gasteiger partial charge in [0, 0.05) is 0 Å². The van der Waals surface area contributed by atoms with E-state index in [0.29, 0.717) is 17.0 Å². The number of hydrogen-bond donors (Lipinski definition) is 3. The van der Waals surface area contributed by atoms with Gasteiger partial charge in [-0.2, -0.15) is 0 Å². The van der Waals surface area contributed by atoms with Crippen LogP contribution in [0.5, 0.6) is 0 Å². The van der Waals surface area contributed by atoms with Crippen molar-refractivity contribution in [3.8, 4) is 0 Å². The number of fused-ring (bicyclic) bond motifs is 1. The van der Waals surface area contributed by atoms with Gasteiger partial charge >= 0.3 is 0 Å². The molecule has 0 radical (unpaired) electrons. The highest BCUT2D eigenvalue weighted by Crippen LogP contribution is 2.29. The number of para-hydroxylation sites is 1. The van der Waals surface area contributed by atoms with Crippen molar-refractivity contribution in [1.82, 2.24) is 15.3 Å². The Bertz CT molecular complexity index is 604. The number of H-pyrrole nitrogens is 1. The smallest absolute Gasteiger partial charge is 0.250 e. The summed E-state index contributed by atoms with van der Waals surface area (Å²) >= 11 is 0. The second-order valence-electron chi connectivity index (χ2n) is 4.89. The number of aromatic amines is 1. The maximum absolute atomic E-state index is 11.4. The van der Waals surface area contributed by atoms with Crippen LogP contribution < -0.4 is 11.1 Å². The number of nitrogens with one attached hydrogen (secondary N) is 2. The first-order valence-corrected chi connectivity index (χ1v) is 6.18. The van der Waals surface area contributed by atoms with Crippen LogP contribution >= 0.6 is 0 Å². The molecule has 2 aromatic rings. The molecule has 2 atom stereocenters. The molecule has 0 saturated carbocycles. The third-order valence-electron chi connectivity index (χ3n) is 3.62. The fourth-order valence-corrected chi connectivity index (χ4v) is 2.60. The molecule has 1 fully saturated rings. The summed E-state index contributed by atoms with van der Waals surface area (Å²) in [5.41, 5.74) is 7.36. The lowest BCUT2D eigenvalue weighted by molar-refractivity contribution is 0.100. The lowest BCUT2D eigenvalue weighted by Crippen LogP contribution is -2.17. The normalized spacial score (nSPS) is 23.6. The number of benzene rings is 1. The number of amides is 1. The van der Waals surface area contributed by atoms with Crippen molar-refractivity contribution in [3.05, 3.63) is 29.6 Å². The van der Waals surface area contributed by atoms with Crippen LogP contribution in [-0.2, 0) is 0 Å². The molecule has 0 bridgehead atoms. The molecule has 1 aliphatic rings. The molecule has 1 aromatic heterocycles. The molecule has 2 heterocycles. The van der Waals surface area contributed by atoms with Gasteiger partial charge in [0.2, 0.25) is 0 Å². The zero-order valence-electron chi connectivity index (χ0n) is 10.2. The predicted molar refractivity (Wildman–Crippen MR) is 69.1 cm³/mol. The molecular formula is C13H16N4O. The zero-order chi connectivity index (χ0) is 12.7. The Morgan fingerprint density at radius 1 is 1.50 bits per heavy atom. The quantitative estimate of drug-likeness (QED) is 0.745. The van der Waals surface area contributed by atoms with Crippen molar-refractivity contribution in [2.24, 2.45) is 11.7 Å². The van der Waals surface area contributed by atoms with Crippen molar-refractivity contribution in [3.63, 3.8) is 0 Å². The van der Waals surface area contributed by atoms with Gasteiger partial charge < -0.3 is 16.0 Å². The van der Waals surface area contributed by atoms with E-state index in [2.05, 4.69) is 22.2 Å². The number of nitrogens with zero attached hydrogens (tertiary/aromatic N) is 1. The SMILES string of the molecule is C[C@H]1CCN[C@@H]1c1nc2c(C(N)=O)cccc2[nH]1. The summed E-state index contributed by atoms with van der Waals surface area (Å²) in [6, 6.07) is 5.67. The van der Waals surface area contributed by atoms with Gasteiger partial charge in [-0.15, -0.1) is 0 Å². The van der Waals surface area contributed by atoms with Gasteiger partial charge in [-0.05, 0) is 31.0 Å². The van der Waals surface area contributed by atoms with Gasteiger partial charge in [0.05, 0.1) is 17.1 Å². The first kappa shape index (κ1) is 11.2. The van der Waals surface area contributed by atoms with Crippen molar-refractivity contribution in [1.29, 1.82) is 0 Å². The largest absolute Gasteiger partial charge is 0.366 e. The van der Waals surface area contributed by atoms with Gasteiger partial charge in [0.15, 0.2) is 0 Å². The maximum Gasteiger partial charge on any atom is 0.250 e. The average molecular weight is 244 g/mol. The molecule has 3 rings (SSSR count). The molecule has 94 valence electrons. The highest BCUT2D eigenvalue weighted by atomic mass is 16.1. The van der Waals surface area contributed by atoms with Gasteiger partial charge in [0.25, 0.3) is 5.91 Å². The lowest BCUT2D eigenvalue weighted by Gasteiger charge is -2.11. The monoisotopic (exact) mass is 244 g/mol. The first-order chi connectivity index (χ1) is 8.66. The fourth-order valence-electron chi connectivity index (χ4n) is 2.60. The van der Waals surface area contributed by atoms with Crippen LogP contribution in [0.1, 0.15) is 35.6 Å². The first-order valence-electron chi connectivity index (χ1n) is 6.18. The molecule has 0 aliphatic carbocycles. The summed E-state index contributed by atoms with van der Waals surface area (Å²) in [6.45, 7) is 3.21.